The third-order valence-corrected chi connectivity index (χ3v) is 3.45. The molecule has 0 aliphatic carbocycles. The SMILES string of the molecule is CC(=O)c1cccc(C2CCCNC2C(=O)O)c1. The van der Waals surface area contributed by atoms with E-state index in [-0.39, 0.29) is 11.7 Å². The van der Waals surface area contributed by atoms with Crippen LogP contribution in [0.4, 0.5) is 0 Å². The number of carbonyl (C=O) groups excluding carboxylic acids is 1. The van der Waals surface area contributed by atoms with E-state index in [9.17, 15) is 14.7 Å². The van der Waals surface area contributed by atoms with E-state index >= 15 is 0 Å². The largest absolute Gasteiger partial charge is 0.480 e. The number of hydrogen-bond acceptors (Lipinski definition) is 3. The summed E-state index contributed by atoms with van der Waals surface area (Å²) >= 11 is 0. The highest BCUT2D eigenvalue weighted by atomic mass is 16.4. The van der Waals surface area contributed by atoms with E-state index in [2.05, 4.69) is 5.32 Å². The number of aliphatic carboxylic acids is 1. The van der Waals surface area contributed by atoms with Crippen molar-refractivity contribution in [2.24, 2.45) is 0 Å². The van der Waals surface area contributed by atoms with Crippen LogP contribution in [0.2, 0.25) is 0 Å². The maximum absolute atomic E-state index is 11.4. The van der Waals surface area contributed by atoms with E-state index in [1.807, 2.05) is 18.2 Å². The van der Waals surface area contributed by atoms with Gasteiger partial charge in [-0.3, -0.25) is 9.59 Å². The van der Waals surface area contributed by atoms with Gasteiger partial charge >= 0.3 is 5.97 Å². The second-order valence-corrected chi connectivity index (χ2v) is 4.70. The average molecular weight is 247 g/mol. The Hall–Kier alpha value is -1.68. The van der Waals surface area contributed by atoms with E-state index in [0.717, 1.165) is 24.9 Å². The van der Waals surface area contributed by atoms with Gasteiger partial charge in [-0.05, 0) is 37.9 Å². The molecule has 0 saturated carbocycles. The van der Waals surface area contributed by atoms with Crippen molar-refractivity contribution in [3.63, 3.8) is 0 Å². The van der Waals surface area contributed by atoms with Crippen LogP contribution in [0, 0.1) is 0 Å². The van der Waals surface area contributed by atoms with Crippen molar-refractivity contribution in [2.45, 2.75) is 31.7 Å². The number of benzene rings is 1. The molecule has 1 aromatic rings. The summed E-state index contributed by atoms with van der Waals surface area (Å²) in [6, 6.07) is 6.74. The summed E-state index contributed by atoms with van der Waals surface area (Å²) in [5.41, 5.74) is 1.57. The molecule has 1 fully saturated rings. The van der Waals surface area contributed by atoms with Crippen LogP contribution in [0.15, 0.2) is 24.3 Å². The van der Waals surface area contributed by atoms with Crippen molar-refractivity contribution in [1.82, 2.24) is 5.32 Å². The minimum atomic E-state index is -0.826. The molecule has 96 valence electrons. The Bertz CT molecular complexity index is 470. The first-order chi connectivity index (χ1) is 8.59. The van der Waals surface area contributed by atoms with Gasteiger partial charge in [0.1, 0.15) is 6.04 Å². The third kappa shape index (κ3) is 2.59. The van der Waals surface area contributed by atoms with Crippen LogP contribution < -0.4 is 5.32 Å². The molecular weight excluding hydrogens is 230 g/mol. The first kappa shape index (κ1) is 12.8. The normalized spacial score (nSPS) is 23.6. The van der Waals surface area contributed by atoms with Gasteiger partial charge in [0.2, 0.25) is 0 Å². The molecule has 0 bridgehead atoms. The fourth-order valence-corrected chi connectivity index (χ4v) is 2.50. The highest BCUT2D eigenvalue weighted by Crippen LogP contribution is 2.28. The van der Waals surface area contributed by atoms with E-state index in [0.29, 0.717) is 5.56 Å². The number of Topliss-reactive ketones (excluding diaryl/α,β-unsaturated/α-hetero) is 1. The molecule has 1 aromatic carbocycles. The van der Waals surface area contributed by atoms with Gasteiger partial charge in [-0.1, -0.05) is 18.2 Å². The van der Waals surface area contributed by atoms with Gasteiger partial charge < -0.3 is 10.4 Å². The molecule has 0 radical (unpaired) electrons. The molecule has 1 heterocycles. The fourth-order valence-electron chi connectivity index (χ4n) is 2.50. The second-order valence-electron chi connectivity index (χ2n) is 4.70. The Morgan fingerprint density at radius 3 is 2.83 bits per heavy atom. The lowest BCUT2D eigenvalue weighted by molar-refractivity contribution is -0.140. The van der Waals surface area contributed by atoms with Crippen LogP contribution in [0.1, 0.15) is 41.6 Å². The Kier molecular flexibility index (Phi) is 3.77. The van der Waals surface area contributed by atoms with E-state index in [1.54, 1.807) is 6.07 Å². The quantitative estimate of drug-likeness (QED) is 0.799. The van der Waals surface area contributed by atoms with Gasteiger partial charge in [0, 0.05) is 11.5 Å². The lowest BCUT2D eigenvalue weighted by atomic mass is 9.84. The molecule has 2 unspecified atom stereocenters. The molecule has 2 N–H and O–H groups in total. The Balaban J connectivity index is 2.30. The number of carboxylic acids is 1. The van der Waals surface area contributed by atoms with Crippen molar-refractivity contribution >= 4 is 11.8 Å². The van der Waals surface area contributed by atoms with Crippen molar-refractivity contribution in [1.29, 1.82) is 0 Å². The van der Waals surface area contributed by atoms with Crippen LogP contribution >= 0.6 is 0 Å². The first-order valence-electron chi connectivity index (χ1n) is 6.16. The number of ketones is 1. The molecule has 4 nitrogen and oxygen atoms in total. The minimum absolute atomic E-state index is 0.00694. The van der Waals surface area contributed by atoms with E-state index < -0.39 is 12.0 Å². The zero-order valence-corrected chi connectivity index (χ0v) is 10.3. The van der Waals surface area contributed by atoms with Crippen molar-refractivity contribution in [2.75, 3.05) is 6.54 Å². The Morgan fingerprint density at radius 1 is 1.39 bits per heavy atom. The number of nitrogens with one attached hydrogen (secondary N) is 1. The third-order valence-electron chi connectivity index (χ3n) is 3.45. The molecule has 0 amide bonds. The van der Waals surface area contributed by atoms with E-state index in [4.69, 9.17) is 0 Å². The van der Waals surface area contributed by atoms with Gasteiger partial charge in [0.15, 0.2) is 5.78 Å². The molecule has 1 aliphatic rings. The van der Waals surface area contributed by atoms with Gasteiger partial charge in [0.25, 0.3) is 0 Å². The molecule has 1 aliphatic heterocycles. The zero-order valence-electron chi connectivity index (χ0n) is 10.3. The number of hydrogen-bond donors (Lipinski definition) is 2. The maximum atomic E-state index is 11.4. The summed E-state index contributed by atoms with van der Waals surface area (Å²) in [6.45, 7) is 2.26. The van der Waals surface area contributed by atoms with Gasteiger partial charge in [-0.25, -0.2) is 0 Å². The summed E-state index contributed by atoms with van der Waals surface area (Å²) < 4.78 is 0. The van der Waals surface area contributed by atoms with E-state index in [1.165, 1.54) is 6.92 Å². The lowest BCUT2D eigenvalue weighted by Gasteiger charge is -2.30. The second kappa shape index (κ2) is 5.31. The van der Waals surface area contributed by atoms with Crippen molar-refractivity contribution < 1.29 is 14.7 Å². The number of carboxylic acid groups (broad SMARTS) is 1. The Labute approximate surface area is 106 Å². The molecule has 0 spiro atoms. The van der Waals surface area contributed by atoms with Crippen LogP contribution in [-0.2, 0) is 4.79 Å². The molecule has 0 aromatic heterocycles. The highest BCUT2D eigenvalue weighted by Gasteiger charge is 2.31. The fraction of sp³-hybridized carbons (Fsp3) is 0.429. The molecule has 2 rings (SSSR count). The first-order valence-corrected chi connectivity index (χ1v) is 6.16. The van der Waals surface area contributed by atoms with Gasteiger partial charge in [-0.15, -0.1) is 0 Å². The number of carbonyl (C=O) groups is 2. The molecular formula is C14H17NO3. The number of rotatable bonds is 3. The summed E-state index contributed by atoms with van der Waals surface area (Å²) in [6.07, 6.45) is 1.80. The van der Waals surface area contributed by atoms with Crippen molar-refractivity contribution in [3.8, 4) is 0 Å². The summed E-state index contributed by atoms with van der Waals surface area (Å²) in [5, 5.41) is 12.3. The predicted molar refractivity (Wildman–Crippen MR) is 67.8 cm³/mol. The van der Waals surface area contributed by atoms with Crippen LogP contribution in [-0.4, -0.2) is 29.4 Å². The standard InChI is InChI=1S/C14H17NO3/c1-9(16)10-4-2-5-11(8-10)12-6-3-7-15-13(12)14(17)18/h2,4-5,8,12-13,15H,3,6-7H2,1H3,(H,17,18). The van der Waals surface area contributed by atoms with Crippen molar-refractivity contribution in [3.05, 3.63) is 35.4 Å². The minimum Gasteiger partial charge on any atom is -0.480 e. The van der Waals surface area contributed by atoms with Crippen LogP contribution in [0.5, 0.6) is 0 Å². The summed E-state index contributed by atoms with van der Waals surface area (Å²) in [7, 11) is 0. The summed E-state index contributed by atoms with van der Waals surface area (Å²) in [4.78, 5) is 22.6. The smallest absolute Gasteiger partial charge is 0.321 e. The van der Waals surface area contributed by atoms with Crippen LogP contribution in [0.3, 0.4) is 0 Å². The predicted octanol–water partition coefficient (Wildman–Crippen LogP) is 1.81. The zero-order chi connectivity index (χ0) is 13.1. The molecule has 4 heteroatoms. The number of piperidine rings is 1. The Morgan fingerprint density at radius 2 is 2.17 bits per heavy atom. The van der Waals surface area contributed by atoms with Crippen LogP contribution in [0.25, 0.3) is 0 Å². The highest BCUT2D eigenvalue weighted by molar-refractivity contribution is 5.94. The maximum Gasteiger partial charge on any atom is 0.321 e. The lowest BCUT2D eigenvalue weighted by Crippen LogP contribution is -2.45. The molecule has 2 atom stereocenters. The average Bonchev–Trinajstić information content (AvgIpc) is 2.39. The molecule has 18 heavy (non-hydrogen) atoms. The summed E-state index contributed by atoms with van der Waals surface area (Å²) in [5.74, 6) is -0.879. The topological polar surface area (TPSA) is 66.4 Å². The molecule has 1 saturated heterocycles. The monoisotopic (exact) mass is 247 g/mol. The van der Waals surface area contributed by atoms with Gasteiger partial charge in [0.05, 0.1) is 0 Å². The van der Waals surface area contributed by atoms with Gasteiger partial charge in [-0.2, -0.15) is 0 Å².